The molecule has 0 bridgehead atoms. The number of halogens is 2. The SMILES string of the molecule is Cc1ccc(CC(NN)c2ccc(C)c(F)c2F)cc1. The van der Waals surface area contributed by atoms with Gasteiger partial charge in [0.25, 0.3) is 0 Å². The molecule has 1 unspecified atom stereocenters. The van der Waals surface area contributed by atoms with Crippen LogP contribution in [0.3, 0.4) is 0 Å². The third-order valence-corrected chi connectivity index (χ3v) is 3.44. The van der Waals surface area contributed by atoms with Crippen molar-refractivity contribution in [3.63, 3.8) is 0 Å². The molecule has 4 heteroatoms. The molecule has 0 saturated heterocycles. The smallest absolute Gasteiger partial charge is 0.163 e. The van der Waals surface area contributed by atoms with Gasteiger partial charge >= 0.3 is 0 Å². The van der Waals surface area contributed by atoms with Crippen molar-refractivity contribution in [1.82, 2.24) is 5.43 Å². The fourth-order valence-electron chi connectivity index (χ4n) is 2.15. The van der Waals surface area contributed by atoms with Crippen LogP contribution in [-0.2, 0) is 6.42 Å². The molecular weight excluding hydrogens is 258 g/mol. The summed E-state index contributed by atoms with van der Waals surface area (Å²) in [4.78, 5) is 0. The molecule has 0 heterocycles. The maximum absolute atomic E-state index is 14.0. The van der Waals surface area contributed by atoms with Gasteiger partial charge in [0.2, 0.25) is 0 Å². The topological polar surface area (TPSA) is 38.0 Å². The Morgan fingerprint density at radius 3 is 2.25 bits per heavy atom. The predicted octanol–water partition coefficient (Wildman–Crippen LogP) is 3.33. The first-order valence-corrected chi connectivity index (χ1v) is 6.49. The van der Waals surface area contributed by atoms with Gasteiger partial charge in [-0.25, -0.2) is 8.78 Å². The van der Waals surface area contributed by atoms with Gasteiger partial charge in [-0.05, 0) is 31.4 Å². The lowest BCUT2D eigenvalue weighted by Crippen LogP contribution is -2.30. The second-order valence-electron chi connectivity index (χ2n) is 5.01. The van der Waals surface area contributed by atoms with Crippen molar-refractivity contribution in [2.45, 2.75) is 26.3 Å². The van der Waals surface area contributed by atoms with E-state index < -0.39 is 17.7 Å². The van der Waals surface area contributed by atoms with Crippen LogP contribution in [0.5, 0.6) is 0 Å². The molecule has 0 aromatic heterocycles. The van der Waals surface area contributed by atoms with Crippen LogP contribution in [0, 0.1) is 25.5 Å². The van der Waals surface area contributed by atoms with E-state index in [9.17, 15) is 8.78 Å². The van der Waals surface area contributed by atoms with Crippen LogP contribution in [0.25, 0.3) is 0 Å². The van der Waals surface area contributed by atoms with Crippen molar-refractivity contribution in [2.75, 3.05) is 0 Å². The molecule has 2 rings (SSSR count). The fourth-order valence-corrected chi connectivity index (χ4v) is 2.15. The van der Waals surface area contributed by atoms with Gasteiger partial charge < -0.3 is 0 Å². The van der Waals surface area contributed by atoms with Crippen LogP contribution >= 0.6 is 0 Å². The zero-order valence-electron chi connectivity index (χ0n) is 11.6. The minimum absolute atomic E-state index is 0.246. The summed E-state index contributed by atoms with van der Waals surface area (Å²) in [6, 6.07) is 10.6. The standard InChI is InChI=1S/C16H18F2N2/c1-10-3-6-12(7-4-10)9-14(20-19)13-8-5-11(2)15(17)16(13)18/h3-8,14,20H,9,19H2,1-2H3. The van der Waals surface area contributed by atoms with Crippen LogP contribution in [0.2, 0.25) is 0 Å². The molecule has 0 saturated carbocycles. The van der Waals surface area contributed by atoms with Gasteiger partial charge in [0.1, 0.15) is 0 Å². The van der Waals surface area contributed by atoms with Gasteiger partial charge in [0.15, 0.2) is 11.6 Å². The second-order valence-corrected chi connectivity index (χ2v) is 5.01. The first-order chi connectivity index (χ1) is 9.52. The Balaban J connectivity index is 2.29. The lowest BCUT2D eigenvalue weighted by molar-refractivity contribution is 0.461. The lowest BCUT2D eigenvalue weighted by Gasteiger charge is -2.18. The highest BCUT2D eigenvalue weighted by atomic mass is 19.2. The zero-order valence-corrected chi connectivity index (χ0v) is 11.6. The van der Waals surface area contributed by atoms with Crippen LogP contribution in [0.15, 0.2) is 36.4 Å². The third kappa shape index (κ3) is 3.03. The molecule has 2 aromatic carbocycles. The van der Waals surface area contributed by atoms with Gasteiger partial charge in [0, 0.05) is 5.56 Å². The van der Waals surface area contributed by atoms with E-state index in [-0.39, 0.29) is 11.1 Å². The molecule has 0 amide bonds. The van der Waals surface area contributed by atoms with Crippen molar-refractivity contribution in [3.8, 4) is 0 Å². The summed E-state index contributed by atoms with van der Waals surface area (Å²) in [6.45, 7) is 3.53. The molecule has 0 aliphatic heterocycles. The van der Waals surface area contributed by atoms with Crippen LogP contribution in [-0.4, -0.2) is 0 Å². The molecule has 2 aromatic rings. The highest BCUT2D eigenvalue weighted by Gasteiger charge is 2.19. The van der Waals surface area contributed by atoms with Gasteiger partial charge in [0.05, 0.1) is 6.04 Å². The molecule has 0 aliphatic rings. The number of hydrazine groups is 1. The summed E-state index contributed by atoms with van der Waals surface area (Å²) in [5.74, 6) is 3.85. The second kappa shape index (κ2) is 6.11. The number of aryl methyl sites for hydroxylation is 2. The predicted molar refractivity (Wildman–Crippen MR) is 76.0 cm³/mol. The quantitative estimate of drug-likeness (QED) is 0.664. The van der Waals surface area contributed by atoms with E-state index in [1.807, 2.05) is 31.2 Å². The first-order valence-electron chi connectivity index (χ1n) is 6.49. The molecule has 0 spiro atoms. The maximum Gasteiger partial charge on any atom is 0.163 e. The summed E-state index contributed by atoms with van der Waals surface area (Å²) in [5, 5.41) is 0. The lowest BCUT2D eigenvalue weighted by atomic mass is 9.97. The largest absolute Gasteiger partial charge is 0.271 e. The van der Waals surface area contributed by atoms with Gasteiger partial charge in [-0.2, -0.15) is 0 Å². The number of hydrogen-bond donors (Lipinski definition) is 2. The minimum Gasteiger partial charge on any atom is -0.271 e. The Morgan fingerprint density at radius 2 is 1.65 bits per heavy atom. The van der Waals surface area contributed by atoms with Crippen molar-refractivity contribution < 1.29 is 8.78 Å². The first kappa shape index (κ1) is 14.6. The number of rotatable bonds is 4. The normalized spacial score (nSPS) is 12.4. The number of nitrogens with one attached hydrogen (secondary N) is 1. The third-order valence-electron chi connectivity index (χ3n) is 3.44. The molecular formula is C16H18F2N2. The maximum atomic E-state index is 14.0. The van der Waals surface area contributed by atoms with Gasteiger partial charge in [-0.15, -0.1) is 0 Å². The molecule has 1 atom stereocenters. The average molecular weight is 276 g/mol. The summed E-state index contributed by atoms with van der Waals surface area (Å²) in [7, 11) is 0. The molecule has 3 N–H and O–H groups in total. The van der Waals surface area contributed by atoms with Crippen molar-refractivity contribution in [2.24, 2.45) is 5.84 Å². The summed E-state index contributed by atoms with van der Waals surface area (Å²) >= 11 is 0. The van der Waals surface area contributed by atoms with E-state index in [4.69, 9.17) is 5.84 Å². The zero-order chi connectivity index (χ0) is 14.7. The summed E-state index contributed by atoms with van der Waals surface area (Å²) in [6.07, 6.45) is 0.496. The van der Waals surface area contributed by atoms with E-state index in [2.05, 4.69) is 5.43 Å². The molecule has 2 nitrogen and oxygen atoms in total. The van der Waals surface area contributed by atoms with Crippen LogP contribution < -0.4 is 11.3 Å². The Hall–Kier alpha value is -1.78. The minimum atomic E-state index is -0.833. The van der Waals surface area contributed by atoms with E-state index in [0.717, 1.165) is 11.1 Å². The van der Waals surface area contributed by atoms with E-state index >= 15 is 0 Å². The van der Waals surface area contributed by atoms with Gasteiger partial charge in [-0.1, -0.05) is 42.0 Å². The molecule has 106 valence electrons. The Bertz CT molecular complexity index is 594. The van der Waals surface area contributed by atoms with E-state index in [1.165, 1.54) is 6.92 Å². The molecule has 0 fully saturated rings. The Kier molecular flexibility index (Phi) is 4.47. The summed E-state index contributed by atoms with van der Waals surface area (Å²) < 4.78 is 27.6. The Morgan fingerprint density at radius 1 is 1.00 bits per heavy atom. The molecule has 0 radical (unpaired) electrons. The highest BCUT2D eigenvalue weighted by molar-refractivity contribution is 5.30. The van der Waals surface area contributed by atoms with Crippen LogP contribution in [0.1, 0.15) is 28.3 Å². The monoisotopic (exact) mass is 276 g/mol. The average Bonchev–Trinajstić information content (AvgIpc) is 2.45. The molecule has 20 heavy (non-hydrogen) atoms. The van der Waals surface area contributed by atoms with Crippen LogP contribution in [0.4, 0.5) is 8.78 Å². The number of benzene rings is 2. The van der Waals surface area contributed by atoms with Crippen molar-refractivity contribution in [1.29, 1.82) is 0 Å². The Labute approximate surface area is 117 Å². The highest BCUT2D eigenvalue weighted by Crippen LogP contribution is 2.24. The van der Waals surface area contributed by atoms with Crippen molar-refractivity contribution >= 4 is 0 Å². The fraction of sp³-hybridized carbons (Fsp3) is 0.250. The molecule has 0 aliphatic carbocycles. The number of hydrogen-bond acceptors (Lipinski definition) is 2. The van der Waals surface area contributed by atoms with E-state index in [1.54, 1.807) is 12.1 Å². The van der Waals surface area contributed by atoms with Crippen molar-refractivity contribution in [3.05, 3.63) is 70.3 Å². The van der Waals surface area contributed by atoms with Gasteiger partial charge in [-0.3, -0.25) is 11.3 Å². The number of nitrogens with two attached hydrogens (primary N) is 1. The summed E-state index contributed by atoms with van der Waals surface area (Å²) in [5.41, 5.74) is 5.26. The van der Waals surface area contributed by atoms with E-state index in [0.29, 0.717) is 6.42 Å².